The molecule has 2 rings (SSSR count). The van der Waals surface area contributed by atoms with Gasteiger partial charge in [-0.05, 0) is 23.1 Å². The van der Waals surface area contributed by atoms with Gasteiger partial charge in [0.05, 0.1) is 0 Å². The van der Waals surface area contributed by atoms with Gasteiger partial charge >= 0.3 is 0 Å². The average Bonchev–Trinajstić information content (AvgIpc) is 2.51. The third-order valence-corrected chi connectivity index (χ3v) is 1.70. The molecular weight excluding hydrogens is 152 g/mol. The fourth-order valence-corrected chi connectivity index (χ4v) is 1.15. The van der Waals surface area contributed by atoms with Crippen LogP contribution in [0.25, 0.3) is 21.3 Å². The first-order valence-corrected chi connectivity index (χ1v) is 3.52. The van der Waals surface area contributed by atoms with Crippen LogP contribution in [0.1, 0.15) is 0 Å². The maximum absolute atomic E-state index is 8.19. The number of fused-ring (bicyclic) bond motifs is 1. The molecule has 0 saturated heterocycles. The van der Waals surface area contributed by atoms with Crippen molar-refractivity contribution in [2.45, 2.75) is 0 Å². The molecule has 58 valence electrons. The molecule has 1 N–H and O–H groups in total. The minimum atomic E-state index is 0.632. The first kappa shape index (κ1) is 6.76. The van der Waals surface area contributed by atoms with Crippen molar-refractivity contribution < 1.29 is 0 Å². The van der Waals surface area contributed by atoms with Gasteiger partial charge in [-0.25, -0.2) is 0 Å². The van der Waals surface area contributed by atoms with Crippen molar-refractivity contribution in [1.29, 1.82) is 0 Å². The van der Waals surface area contributed by atoms with Gasteiger partial charge in [-0.1, -0.05) is 17.2 Å². The van der Waals surface area contributed by atoms with Crippen LogP contribution in [0.2, 0.25) is 0 Å². The van der Waals surface area contributed by atoms with Crippen molar-refractivity contribution in [3.63, 3.8) is 0 Å². The van der Waals surface area contributed by atoms with Crippen LogP contribution in [0.15, 0.2) is 35.6 Å². The molecule has 0 aliphatic carbocycles. The van der Waals surface area contributed by atoms with Gasteiger partial charge < -0.3 is 4.98 Å². The molecule has 0 fully saturated rings. The fraction of sp³-hybridized carbons (Fsp3) is 0. The van der Waals surface area contributed by atoms with Crippen molar-refractivity contribution in [2.24, 2.45) is 5.11 Å². The van der Waals surface area contributed by atoms with E-state index in [2.05, 4.69) is 15.0 Å². The average molecular weight is 158 g/mol. The van der Waals surface area contributed by atoms with E-state index in [1.54, 1.807) is 6.07 Å². The third-order valence-electron chi connectivity index (χ3n) is 1.70. The smallest absolute Gasteiger partial charge is 0.0458 e. The van der Waals surface area contributed by atoms with Crippen LogP contribution in [-0.4, -0.2) is 4.98 Å². The van der Waals surface area contributed by atoms with Gasteiger partial charge in [0, 0.05) is 22.3 Å². The van der Waals surface area contributed by atoms with E-state index in [1.165, 1.54) is 0 Å². The van der Waals surface area contributed by atoms with E-state index in [0.29, 0.717) is 5.69 Å². The van der Waals surface area contributed by atoms with E-state index in [9.17, 15) is 0 Å². The van der Waals surface area contributed by atoms with Crippen LogP contribution >= 0.6 is 0 Å². The molecule has 0 bridgehead atoms. The van der Waals surface area contributed by atoms with E-state index in [0.717, 1.165) is 10.9 Å². The molecule has 0 aliphatic heterocycles. The Morgan fingerprint density at radius 3 is 3.08 bits per heavy atom. The van der Waals surface area contributed by atoms with Crippen LogP contribution < -0.4 is 0 Å². The molecule has 1 aromatic heterocycles. The van der Waals surface area contributed by atoms with Crippen LogP contribution in [0.3, 0.4) is 0 Å². The highest BCUT2D eigenvalue weighted by Crippen LogP contribution is 2.19. The molecule has 0 aliphatic rings. The summed E-state index contributed by atoms with van der Waals surface area (Å²) in [5, 5.41) is 4.61. The molecular formula is C8H6N4. The molecule has 4 heteroatoms. The van der Waals surface area contributed by atoms with Crippen molar-refractivity contribution in [1.82, 2.24) is 4.98 Å². The molecule has 4 nitrogen and oxygen atoms in total. The molecule has 0 amide bonds. The third kappa shape index (κ3) is 1.00. The number of aromatic amines is 1. The van der Waals surface area contributed by atoms with E-state index >= 15 is 0 Å². The van der Waals surface area contributed by atoms with E-state index < -0.39 is 0 Å². The Kier molecular flexibility index (Phi) is 1.47. The number of hydrogen-bond donors (Lipinski definition) is 1. The van der Waals surface area contributed by atoms with Crippen molar-refractivity contribution in [3.05, 3.63) is 40.9 Å². The summed E-state index contributed by atoms with van der Waals surface area (Å²) in [6, 6.07) is 7.48. The first-order valence-electron chi connectivity index (χ1n) is 3.52. The molecule has 0 spiro atoms. The first-order chi connectivity index (χ1) is 5.90. The summed E-state index contributed by atoms with van der Waals surface area (Å²) in [5.74, 6) is 0. The van der Waals surface area contributed by atoms with Crippen molar-refractivity contribution in [3.8, 4) is 0 Å². The van der Waals surface area contributed by atoms with Gasteiger partial charge in [-0.3, -0.25) is 0 Å². The lowest BCUT2D eigenvalue weighted by molar-refractivity contribution is 1.45. The predicted molar refractivity (Wildman–Crippen MR) is 47.1 cm³/mol. The standard InChI is InChI=1S/C8H6N4/c9-12-11-7-2-1-6-3-4-10-8(6)5-7/h1-5,10H. The molecule has 0 radical (unpaired) electrons. The van der Waals surface area contributed by atoms with Gasteiger partial charge in [-0.2, -0.15) is 0 Å². The van der Waals surface area contributed by atoms with E-state index in [-0.39, 0.29) is 0 Å². The van der Waals surface area contributed by atoms with E-state index in [4.69, 9.17) is 5.53 Å². The lowest BCUT2D eigenvalue weighted by Gasteiger charge is -1.90. The SMILES string of the molecule is [N-]=[N+]=Nc1ccc2cc[nH]c2c1. The van der Waals surface area contributed by atoms with E-state index in [1.807, 2.05) is 24.4 Å². The maximum atomic E-state index is 8.19. The molecule has 0 saturated carbocycles. The van der Waals surface area contributed by atoms with Gasteiger partial charge in [-0.15, -0.1) is 0 Å². The second-order valence-corrected chi connectivity index (χ2v) is 2.44. The van der Waals surface area contributed by atoms with Gasteiger partial charge in [0.25, 0.3) is 0 Å². The number of benzene rings is 1. The predicted octanol–water partition coefficient (Wildman–Crippen LogP) is 3.11. The summed E-state index contributed by atoms with van der Waals surface area (Å²) in [4.78, 5) is 5.74. The number of aromatic nitrogens is 1. The second-order valence-electron chi connectivity index (χ2n) is 2.44. The topological polar surface area (TPSA) is 64.6 Å². The zero-order chi connectivity index (χ0) is 8.39. The minimum absolute atomic E-state index is 0.632. The van der Waals surface area contributed by atoms with Gasteiger partial charge in [0.15, 0.2) is 0 Å². The highest BCUT2D eigenvalue weighted by Gasteiger charge is 1.93. The largest absolute Gasteiger partial charge is 0.361 e. The summed E-state index contributed by atoms with van der Waals surface area (Å²) in [6.45, 7) is 0. The number of hydrogen-bond acceptors (Lipinski definition) is 1. The second kappa shape index (κ2) is 2.60. The van der Waals surface area contributed by atoms with Crippen LogP contribution in [-0.2, 0) is 0 Å². The number of nitrogens with zero attached hydrogens (tertiary/aromatic N) is 3. The summed E-state index contributed by atoms with van der Waals surface area (Å²) in [5.41, 5.74) is 9.81. The number of H-pyrrole nitrogens is 1. The highest BCUT2D eigenvalue weighted by atomic mass is 15.1. The van der Waals surface area contributed by atoms with Gasteiger partial charge in [0.1, 0.15) is 0 Å². The zero-order valence-corrected chi connectivity index (χ0v) is 6.23. The van der Waals surface area contributed by atoms with Crippen molar-refractivity contribution >= 4 is 16.6 Å². The fourth-order valence-electron chi connectivity index (χ4n) is 1.15. The Labute approximate surface area is 68.5 Å². The lowest BCUT2D eigenvalue weighted by Crippen LogP contribution is -1.65. The van der Waals surface area contributed by atoms with Crippen LogP contribution in [0, 0.1) is 0 Å². The van der Waals surface area contributed by atoms with Crippen LogP contribution in [0.5, 0.6) is 0 Å². The Bertz CT molecular complexity index is 451. The summed E-state index contributed by atoms with van der Waals surface area (Å²) in [6.07, 6.45) is 1.85. The molecule has 1 aromatic carbocycles. The Balaban J connectivity index is 2.67. The summed E-state index contributed by atoms with van der Waals surface area (Å²) < 4.78 is 0. The Hall–Kier alpha value is -1.93. The maximum Gasteiger partial charge on any atom is 0.0458 e. The zero-order valence-electron chi connectivity index (χ0n) is 6.23. The minimum Gasteiger partial charge on any atom is -0.361 e. The normalized spacial score (nSPS) is 9.67. The Morgan fingerprint density at radius 1 is 1.33 bits per heavy atom. The highest BCUT2D eigenvalue weighted by molar-refractivity contribution is 5.82. The number of rotatable bonds is 1. The summed E-state index contributed by atoms with van der Waals surface area (Å²) in [7, 11) is 0. The quantitative estimate of drug-likeness (QED) is 0.376. The molecule has 2 aromatic rings. The Morgan fingerprint density at radius 2 is 2.25 bits per heavy atom. The molecule has 0 atom stereocenters. The number of nitrogens with one attached hydrogen (secondary N) is 1. The van der Waals surface area contributed by atoms with Crippen molar-refractivity contribution in [2.75, 3.05) is 0 Å². The number of azide groups is 1. The summed E-state index contributed by atoms with van der Waals surface area (Å²) >= 11 is 0. The molecule has 12 heavy (non-hydrogen) atoms. The van der Waals surface area contributed by atoms with Gasteiger partial charge in [0.2, 0.25) is 0 Å². The monoisotopic (exact) mass is 158 g/mol. The van der Waals surface area contributed by atoms with Crippen LogP contribution in [0.4, 0.5) is 5.69 Å². The molecule has 1 heterocycles. The molecule has 0 unspecified atom stereocenters. The lowest BCUT2D eigenvalue weighted by atomic mass is 10.2.